The molecule has 144 valence electrons. The summed E-state index contributed by atoms with van der Waals surface area (Å²) in [6.07, 6.45) is 5.49. The second-order valence-corrected chi connectivity index (χ2v) is 7.08. The van der Waals surface area contributed by atoms with E-state index in [-0.39, 0.29) is 17.7 Å². The van der Waals surface area contributed by atoms with Crippen molar-refractivity contribution >= 4 is 11.8 Å². The molecular formula is C21H28N4O2. The van der Waals surface area contributed by atoms with E-state index in [1.807, 2.05) is 67.4 Å². The predicted molar refractivity (Wildman–Crippen MR) is 105 cm³/mol. The van der Waals surface area contributed by atoms with Gasteiger partial charge < -0.3 is 9.80 Å². The zero-order chi connectivity index (χ0) is 19.4. The number of rotatable bonds is 5. The molecule has 0 spiro atoms. The fourth-order valence-corrected chi connectivity index (χ4v) is 3.71. The Morgan fingerprint density at radius 2 is 1.85 bits per heavy atom. The quantitative estimate of drug-likeness (QED) is 0.815. The number of carbonyl (C=O) groups is 2. The highest BCUT2D eigenvalue weighted by Gasteiger charge is 2.30. The third-order valence-electron chi connectivity index (χ3n) is 5.30. The molecule has 1 aromatic carbocycles. The number of amides is 2. The summed E-state index contributed by atoms with van der Waals surface area (Å²) in [4.78, 5) is 29.3. The van der Waals surface area contributed by atoms with Gasteiger partial charge in [0.1, 0.15) is 0 Å². The molecule has 0 aliphatic carbocycles. The Morgan fingerprint density at radius 3 is 2.44 bits per heavy atom. The van der Waals surface area contributed by atoms with Crippen molar-refractivity contribution in [2.75, 3.05) is 26.2 Å². The number of likely N-dealkylation sites (tertiary alicyclic amines) is 1. The molecule has 1 aromatic heterocycles. The third-order valence-corrected chi connectivity index (χ3v) is 5.30. The van der Waals surface area contributed by atoms with Crippen molar-refractivity contribution in [3.05, 3.63) is 42.2 Å². The van der Waals surface area contributed by atoms with Crippen LogP contribution in [-0.4, -0.2) is 57.6 Å². The van der Waals surface area contributed by atoms with Gasteiger partial charge in [-0.1, -0.05) is 12.1 Å². The largest absolute Gasteiger partial charge is 0.343 e. The standard InChI is InChI=1S/C21H28N4O2/c1-4-24(5-2)21(27)18-7-6-12-25(15-18)20(26)17-10-8-16(9-11-17)19-13-22-23(3)14-19/h8-11,13-14,18H,4-7,12,15H2,1-3H3/t18-/m0/s1. The lowest BCUT2D eigenvalue weighted by Gasteiger charge is -2.34. The lowest BCUT2D eigenvalue weighted by molar-refractivity contribution is -0.136. The Morgan fingerprint density at radius 1 is 1.15 bits per heavy atom. The molecule has 0 bridgehead atoms. The van der Waals surface area contributed by atoms with Crippen molar-refractivity contribution in [2.24, 2.45) is 13.0 Å². The lowest BCUT2D eigenvalue weighted by atomic mass is 9.95. The normalized spacial score (nSPS) is 17.0. The molecule has 6 nitrogen and oxygen atoms in total. The first-order valence-electron chi connectivity index (χ1n) is 9.70. The van der Waals surface area contributed by atoms with E-state index in [0.717, 1.165) is 37.1 Å². The first-order chi connectivity index (χ1) is 13.0. The van der Waals surface area contributed by atoms with Crippen molar-refractivity contribution in [1.82, 2.24) is 19.6 Å². The molecular weight excluding hydrogens is 340 g/mol. The zero-order valence-electron chi connectivity index (χ0n) is 16.4. The number of nitrogens with zero attached hydrogens (tertiary/aromatic N) is 4. The molecule has 1 fully saturated rings. The van der Waals surface area contributed by atoms with Crippen LogP contribution in [0, 0.1) is 5.92 Å². The Labute approximate surface area is 160 Å². The maximum Gasteiger partial charge on any atom is 0.253 e. The predicted octanol–water partition coefficient (Wildman–Crippen LogP) is 2.81. The second-order valence-electron chi connectivity index (χ2n) is 7.08. The van der Waals surface area contributed by atoms with Crippen LogP contribution in [0.5, 0.6) is 0 Å². The molecule has 1 aliphatic heterocycles. The maximum absolute atomic E-state index is 12.9. The number of aromatic nitrogens is 2. The van der Waals surface area contributed by atoms with Gasteiger partial charge in [0.2, 0.25) is 5.91 Å². The van der Waals surface area contributed by atoms with E-state index in [9.17, 15) is 9.59 Å². The van der Waals surface area contributed by atoms with Crippen molar-refractivity contribution in [3.8, 4) is 11.1 Å². The molecule has 0 radical (unpaired) electrons. The average Bonchev–Trinajstić information content (AvgIpc) is 3.15. The minimum atomic E-state index is -0.0859. The summed E-state index contributed by atoms with van der Waals surface area (Å²) in [5.74, 6) is 0.0893. The topological polar surface area (TPSA) is 58.4 Å². The molecule has 27 heavy (non-hydrogen) atoms. The average molecular weight is 368 g/mol. The summed E-state index contributed by atoms with van der Waals surface area (Å²) in [5, 5.41) is 4.18. The fourth-order valence-electron chi connectivity index (χ4n) is 3.71. The van der Waals surface area contributed by atoms with E-state index in [2.05, 4.69) is 5.10 Å². The number of hydrogen-bond acceptors (Lipinski definition) is 3. The first kappa shape index (κ1) is 19.1. The van der Waals surface area contributed by atoms with Gasteiger partial charge in [0.05, 0.1) is 12.1 Å². The summed E-state index contributed by atoms with van der Waals surface area (Å²) >= 11 is 0. The highest BCUT2D eigenvalue weighted by atomic mass is 16.2. The first-order valence-corrected chi connectivity index (χ1v) is 9.70. The highest BCUT2D eigenvalue weighted by molar-refractivity contribution is 5.95. The Balaban J connectivity index is 1.69. The smallest absolute Gasteiger partial charge is 0.253 e. The van der Waals surface area contributed by atoms with Crippen LogP contribution in [0.1, 0.15) is 37.0 Å². The Hall–Kier alpha value is -2.63. The lowest BCUT2D eigenvalue weighted by Crippen LogP contribution is -2.46. The molecule has 1 atom stereocenters. The van der Waals surface area contributed by atoms with Gasteiger partial charge >= 0.3 is 0 Å². The van der Waals surface area contributed by atoms with Gasteiger partial charge in [-0.05, 0) is 44.4 Å². The van der Waals surface area contributed by atoms with E-state index in [0.29, 0.717) is 18.7 Å². The number of piperidine rings is 1. The minimum absolute atomic E-state index is 0.00443. The molecule has 2 heterocycles. The van der Waals surface area contributed by atoms with Crippen LogP contribution < -0.4 is 0 Å². The van der Waals surface area contributed by atoms with E-state index in [1.165, 1.54) is 0 Å². The monoisotopic (exact) mass is 368 g/mol. The van der Waals surface area contributed by atoms with Crippen LogP contribution in [0.2, 0.25) is 0 Å². The van der Waals surface area contributed by atoms with Gasteiger partial charge in [-0.15, -0.1) is 0 Å². The van der Waals surface area contributed by atoms with Crippen molar-refractivity contribution < 1.29 is 9.59 Å². The van der Waals surface area contributed by atoms with Crippen molar-refractivity contribution in [3.63, 3.8) is 0 Å². The zero-order valence-corrected chi connectivity index (χ0v) is 16.4. The SMILES string of the molecule is CCN(CC)C(=O)[C@H]1CCCN(C(=O)c2ccc(-c3cnn(C)c3)cc2)C1. The molecule has 6 heteroatoms. The van der Waals surface area contributed by atoms with E-state index >= 15 is 0 Å². The summed E-state index contributed by atoms with van der Waals surface area (Å²) in [6.45, 7) is 6.66. The van der Waals surface area contributed by atoms with Gasteiger partial charge in [0, 0.05) is 50.6 Å². The van der Waals surface area contributed by atoms with Crippen molar-refractivity contribution in [1.29, 1.82) is 0 Å². The van der Waals surface area contributed by atoms with E-state index in [4.69, 9.17) is 0 Å². The summed E-state index contributed by atoms with van der Waals surface area (Å²) < 4.78 is 1.76. The van der Waals surface area contributed by atoms with Gasteiger partial charge in [-0.2, -0.15) is 5.10 Å². The van der Waals surface area contributed by atoms with Gasteiger partial charge in [0.15, 0.2) is 0 Å². The molecule has 0 unspecified atom stereocenters. The molecule has 3 rings (SSSR count). The van der Waals surface area contributed by atoms with Crippen LogP contribution in [0.3, 0.4) is 0 Å². The van der Waals surface area contributed by atoms with E-state index in [1.54, 1.807) is 4.68 Å². The Bertz CT molecular complexity index is 793. The minimum Gasteiger partial charge on any atom is -0.343 e. The van der Waals surface area contributed by atoms with Crippen LogP contribution in [-0.2, 0) is 11.8 Å². The van der Waals surface area contributed by atoms with Crippen LogP contribution >= 0.6 is 0 Å². The van der Waals surface area contributed by atoms with Gasteiger partial charge in [-0.25, -0.2) is 0 Å². The third kappa shape index (κ3) is 4.21. The molecule has 1 aliphatic rings. The van der Waals surface area contributed by atoms with E-state index < -0.39 is 0 Å². The number of hydrogen-bond donors (Lipinski definition) is 0. The molecule has 2 aromatic rings. The summed E-state index contributed by atoms with van der Waals surface area (Å²) in [6, 6.07) is 7.63. The maximum atomic E-state index is 12.9. The molecule has 0 saturated carbocycles. The molecule has 0 N–H and O–H groups in total. The van der Waals surface area contributed by atoms with Crippen LogP contribution in [0.4, 0.5) is 0 Å². The fraction of sp³-hybridized carbons (Fsp3) is 0.476. The molecule has 2 amide bonds. The van der Waals surface area contributed by atoms with Gasteiger partial charge in [-0.3, -0.25) is 14.3 Å². The summed E-state index contributed by atoms with van der Waals surface area (Å²) in [7, 11) is 1.88. The Kier molecular flexibility index (Phi) is 5.94. The van der Waals surface area contributed by atoms with Crippen LogP contribution in [0.25, 0.3) is 11.1 Å². The number of aryl methyl sites for hydroxylation is 1. The summed E-state index contributed by atoms with van der Waals surface area (Å²) in [5.41, 5.74) is 2.73. The second kappa shape index (κ2) is 8.37. The van der Waals surface area contributed by atoms with Gasteiger partial charge in [0.25, 0.3) is 5.91 Å². The van der Waals surface area contributed by atoms with Crippen molar-refractivity contribution in [2.45, 2.75) is 26.7 Å². The number of carbonyl (C=O) groups excluding carboxylic acids is 2. The number of benzene rings is 1. The highest BCUT2D eigenvalue weighted by Crippen LogP contribution is 2.23. The van der Waals surface area contributed by atoms with Crippen LogP contribution in [0.15, 0.2) is 36.7 Å². The molecule has 1 saturated heterocycles.